The van der Waals surface area contributed by atoms with Crippen LogP contribution in [0.15, 0.2) is 12.1 Å². The Morgan fingerprint density at radius 2 is 2.25 bits per heavy atom. The number of hydrogen-bond donors (Lipinski definition) is 1. The van der Waals surface area contributed by atoms with Crippen molar-refractivity contribution in [1.29, 1.82) is 0 Å². The summed E-state index contributed by atoms with van der Waals surface area (Å²) in [4.78, 5) is 14.1. The number of aryl methyl sites for hydroxylation is 1. The third kappa shape index (κ3) is 1.85. The van der Waals surface area contributed by atoms with E-state index in [1.807, 2.05) is 42.6 Å². The molecule has 0 aromatic carbocycles. The van der Waals surface area contributed by atoms with Gasteiger partial charge in [0.2, 0.25) is 0 Å². The number of likely N-dealkylation sites (N-methyl/N-ethyl adjacent to an activating group) is 1. The standard InChI is InChI=1S/C12H19N3O/c1-9-4-5-11(14(9)3)12(16)15-7-6-10(8-15)13-2/h4-5,10,13H,6-8H2,1-3H3. The fraction of sp³-hybridized carbons (Fsp3) is 0.583. The molecule has 1 fully saturated rings. The predicted molar refractivity (Wildman–Crippen MR) is 63.5 cm³/mol. The molecule has 2 rings (SSSR count). The number of aromatic nitrogens is 1. The van der Waals surface area contributed by atoms with Crippen molar-refractivity contribution >= 4 is 5.91 Å². The molecule has 1 N–H and O–H groups in total. The maximum atomic E-state index is 12.2. The summed E-state index contributed by atoms with van der Waals surface area (Å²) in [7, 11) is 3.89. The Morgan fingerprint density at radius 3 is 2.75 bits per heavy atom. The molecule has 1 amide bonds. The Balaban J connectivity index is 2.12. The molecule has 0 bridgehead atoms. The van der Waals surface area contributed by atoms with Gasteiger partial charge in [0, 0.05) is 31.9 Å². The van der Waals surface area contributed by atoms with Crippen molar-refractivity contribution in [2.24, 2.45) is 7.05 Å². The Bertz CT molecular complexity index is 397. The minimum absolute atomic E-state index is 0.147. The molecule has 0 radical (unpaired) electrons. The topological polar surface area (TPSA) is 37.3 Å². The number of hydrogen-bond acceptors (Lipinski definition) is 2. The maximum Gasteiger partial charge on any atom is 0.270 e. The SMILES string of the molecule is CNC1CCN(C(=O)c2ccc(C)n2C)C1. The second-order valence-corrected chi connectivity index (χ2v) is 4.44. The lowest BCUT2D eigenvalue weighted by molar-refractivity contribution is 0.0780. The molecule has 1 aromatic rings. The molecule has 4 nitrogen and oxygen atoms in total. The predicted octanol–water partition coefficient (Wildman–Crippen LogP) is 0.767. The van der Waals surface area contributed by atoms with Gasteiger partial charge in [0.05, 0.1) is 0 Å². The van der Waals surface area contributed by atoms with Crippen LogP contribution in [-0.2, 0) is 7.05 Å². The monoisotopic (exact) mass is 221 g/mol. The minimum atomic E-state index is 0.147. The number of amides is 1. The molecule has 1 saturated heterocycles. The van der Waals surface area contributed by atoms with Crippen LogP contribution < -0.4 is 5.32 Å². The fourth-order valence-corrected chi connectivity index (χ4v) is 2.17. The number of carbonyl (C=O) groups is 1. The minimum Gasteiger partial charge on any atom is -0.344 e. The molecular weight excluding hydrogens is 202 g/mol. The van der Waals surface area contributed by atoms with E-state index in [9.17, 15) is 4.79 Å². The lowest BCUT2D eigenvalue weighted by Crippen LogP contribution is -2.34. The van der Waals surface area contributed by atoms with Crippen LogP contribution in [0.3, 0.4) is 0 Å². The van der Waals surface area contributed by atoms with Crippen LogP contribution in [0.25, 0.3) is 0 Å². The summed E-state index contributed by atoms with van der Waals surface area (Å²) in [5, 5.41) is 3.22. The van der Waals surface area contributed by atoms with Crippen molar-refractivity contribution in [1.82, 2.24) is 14.8 Å². The molecule has 1 aromatic heterocycles. The highest BCUT2D eigenvalue weighted by atomic mass is 16.2. The second kappa shape index (κ2) is 4.29. The van der Waals surface area contributed by atoms with Gasteiger partial charge >= 0.3 is 0 Å². The van der Waals surface area contributed by atoms with Crippen LogP contribution in [-0.4, -0.2) is 41.6 Å². The largest absolute Gasteiger partial charge is 0.344 e. The summed E-state index contributed by atoms with van der Waals surface area (Å²) in [5.41, 5.74) is 1.90. The molecule has 0 spiro atoms. The van der Waals surface area contributed by atoms with Gasteiger partial charge in [-0.2, -0.15) is 0 Å². The number of carbonyl (C=O) groups excluding carboxylic acids is 1. The molecular formula is C12H19N3O. The van der Waals surface area contributed by atoms with E-state index in [1.54, 1.807) is 0 Å². The molecule has 16 heavy (non-hydrogen) atoms. The van der Waals surface area contributed by atoms with Gasteiger partial charge in [0.15, 0.2) is 0 Å². The van der Waals surface area contributed by atoms with E-state index in [-0.39, 0.29) is 5.91 Å². The lowest BCUT2D eigenvalue weighted by Gasteiger charge is -2.17. The van der Waals surface area contributed by atoms with Gasteiger partial charge in [-0.05, 0) is 32.5 Å². The third-order valence-corrected chi connectivity index (χ3v) is 3.48. The van der Waals surface area contributed by atoms with Gasteiger partial charge in [-0.1, -0.05) is 0 Å². The zero-order valence-corrected chi connectivity index (χ0v) is 10.2. The summed E-state index contributed by atoms with van der Waals surface area (Å²) in [6, 6.07) is 4.34. The molecule has 0 saturated carbocycles. The van der Waals surface area contributed by atoms with Crippen LogP contribution in [0.2, 0.25) is 0 Å². The van der Waals surface area contributed by atoms with Crippen molar-refractivity contribution in [3.05, 3.63) is 23.5 Å². The first-order chi connectivity index (χ1) is 7.63. The van der Waals surface area contributed by atoms with E-state index in [0.717, 1.165) is 30.9 Å². The first-order valence-corrected chi connectivity index (χ1v) is 5.72. The molecule has 1 atom stereocenters. The highest BCUT2D eigenvalue weighted by Gasteiger charge is 2.27. The zero-order chi connectivity index (χ0) is 11.7. The van der Waals surface area contributed by atoms with Crippen LogP contribution in [0.4, 0.5) is 0 Å². The van der Waals surface area contributed by atoms with E-state index in [2.05, 4.69) is 5.32 Å². The van der Waals surface area contributed by atoms with E-state index < -0.39 is 0 Å². The molecule has 4 heteroatoms. The highest BCUT2D eigenvalue weighted by molar-refractivity contribution is 5.93. The van der Waals surface area contributed by atoms with Gasteiger partial charge in [0.1, 0.15) is 5.69 Å². The Labute approximate surface area is 96.2 Å². The first-order valence-electron chi connectivity index (χ1n) is 5.72. The van der Waals surface area contributed by atoms with Gasteiger partial charge in [-0.15, -0.1) is 0 Å². The Morgan fingerprint density at radius 1 is 1.50 bits per heavy atom. The van der Waals surface area contributed by atoms with E-state index in [1.165, 1.54) is 0 Å². The Hall–Kier alpha value is -1.29. The normalized spacial score (nSPS) is 20.4. The molecule has 88 valence electrons. The smallest absolute Gasteiger partial charge is 0.270 e. The van der Waals surface area contributed by atoms with E-state index >= 15 is 0 Å². The summed E-state index contributed by atoms with van der Waals surface area (Å²) in [6.45, 7) is 3.69. The van der Waals surface area contributed by atoms with Crippen molar-refractivity contribution in [2.45, 2.75) is 19.4 Å². The fourth-order valence-electron chi connectivity index (χ4n) is 2.17. The van der Waals surface area contributed by atoms with Crippen LogP contribution in [0.1, 0.15) is 22.6 Å². The van der Waals surface area contributed by atoms with Crippen molar-refractivity contribution in [3.8, 4) is 0 Å². The summed E-state index contributed by atoms with van der Waals surface area (Å²) >= 11 is 0. The van der Waals surface area contributed by atoms with Crippen LogP contribution in [0.5, 0.6) is 0 Å². The van der Waals surface area contributed by atoms with E-state index in [0.29, 0.717) is 6.04 Å². The van der Waals surface area contributed by atoms with Gasteiger partial charge in [0.25, 0.3) is 5.91 Å². The number of likely N-dealkylation sites (tertiary alicyclic amines) is 1. The summed E-state index contributed by atoms with van der Waals surface area (Å²) in [6.07, 6.45) is 1.05. The van der Waals surface area contributed by atoms with Crippen molar-refractivity contribution in [2.75, 3.05) is 20.1 Å². The number of nitrogens with zero attached hydrogens (tertiary/aromatic N) is 2. The second-order valence-electron chi connectivity index (χ2n) is 4.44. The van der Waals surface area contributed by atoms with E-state index in [4.69, 9.17) is 0 Å². The molecule has 1 unspecified atom stereocenters. The molecule has 2 heterocycles. The summed E-state index contributed by atoms with van der Waals surface area (Å²) in [5.74, 6) is 0.147. The molecule has 0 aliphatic carbocycles. The molecule has 1 aliphatic heterocycles. The van der Waals surface area contributed by atoms with Crippen molar-refractivity contribution < 1.29 is 4.79 Å². The first kappa shape index (κ1) is 11.2. The number of rotatable bonds is 2. The van der Waals surface area contributed by atoms with Gasteiger partial charge < -0.3 is 14.8 Å². The van der Waals surface area contributed by atoms with Crippen LogP contribution >= 0.6 is 0 Å². The number of nitrogens with one attached hydrogen (secondary N) is 1. The zero-order valence-electron chi connectivity index (χ0n) is 10.2. The average Bonchev–Trinajstić information content (AvgIpc) is 2.87. The summed E-state index contributed by atoms with van der Waals surface area (Å²) < 4.78 is 1.95. The highest BCUT2D eigenvalue weighted by Crippen LogP contribution is 2.14. The maximum absolute atomic E-state index is 12.2. The van der Waals surface area contributed by atoms with Gasteiger partial charge in [-0.3, -0.25) is 4.79 Å². The quantitative estimate of drug-likeness (QED) is 0.801. The van der Waals surface area contributed by atoms with Crippen LogP contribution in [0, 0.1) is 6.92 Å². The van der Waals surface area contributed by atoms with Gasteiger partial charge in [-0.25, -0.2) is 0 Å². The average molecular weight is 221 g/mol. The van der Waals surface area contributed by atoms with Crippen molar-refractivity contribution in [3.63, 3.8) is 0 Å². The Kier molecular flexibility index (Phi) is 3.01. The lowest BCUT2D eigenvalue weighted by atomic mass is 10.3. The molecule has 1 aliphatic rings. The third-order valence-electron chi connectivity index (χ3n) is 3.48.